The second kappa shape index (κ2) is 8.63. The maximum atomic E-state index is 12.5. The van der Waals surface area contributed by atoms with Crippen LogP contribution in [-0.4, -0.2) is 42.2 Å². The van der Waals surface area contributed by atoms with E-state index in [1.165, 1.54) is 6.33 Å². The zero-order valence-corrected chi connectivity index (χ0v) is 15.5. The molecule has 1 aliphatic rings. The molecule has 28 heavy (non-hydrogen) atoms. The molecule has 1 saturated heterocycles. The van der Waals surface area contributed by atoms with Crippen molar-refractivity contribution >= 4 is 11.6 Å². The van der Waals surface area contributed by atoms with Gasteiger partial charge in [0.05, 0.1) is 31.1 Å². The van der Waals surface area contributed by atoms with Crippen molar-refractivity contribution in [2.45, 2.75) is 6.54 Å². The molecule has 0 unspecified atom stereocenters. The zero-order chi connectivity index (χ0) is 19.2. The van der Waals surface area contributed by atoms with E-state index in [1.807, 2.05) is 60.7 Å². The minimum Gasteiger partial charge on any atom is -0.378 e. The van der Waals surface area contributed by atoms with Crippen LogP contribution >= 0.6 is 0 Å². The van der Waals surface area contributed by atoms with Gasteiger partial charge in [0.1, 0.15) is 6.33 Å². The van der Waals surface area contributed by atoms with E-state index in [2.05, 4.69) is 20.2 Å². The minimum absolute atomic E-state index is 0.117. The number of amides is 1. The molecule has 0 atom stereocenters. The molecule has 1 aromatic heterocycles. The summed E-state index contributed by atoms with van der Waals surface area (Å²) in [6.45, 7) is 3.59. The Balaban J connectivity index is 1.38. The van der Waals surface area contributed by atoms with Crippen LogP contribution in [0.25, 0.3) is 11.3 Å². The molecule has 1 aliphatic heterocycles. The SMILES string of the molecule is O=C(NCc1cc(-c2ccccc2)ncn1)c1ccc(N2CCOCC2)cc1. The molecule has 4 rings (SSSR count). The highest BCUT2D eigenvalue weighted by atomic mass is 16.5. The van der Waals surface area contributed by atoms with Gasteiger partial charge in [0.2, 0.25) is 0 Å². The number of ether oxygens (including phenoxy) is 1. The van der Waals surface area contributed by atoms with Gasteiger partial charge in [-0.2, -0.15) is 0 Å². The Morgan fingerprint density at radius 3 is 2.50 bits per heavy atom. The lowest BCUT2D eigenvalue weighted by atomic mass is 10.1. The van der Waals surface area contributed by atoms with Gasteiger partial charge in [0.25, 0.3) is 5.91 Å². The summed E-state index contributed by atoms with van der Waals surface area (Å²) in [5.41, 5.74) is 4.38. The van der Waals surface area contributed by atoms with E-state index in [0.717, 1.165) is 48.9 Å². The van der Waals surface area contributed by atoms with Gasteiger partial charge < -0.3 is 15.0 Å². The maximum absolute atomic E-state index is 12.5. The van der Waals surface area contributed by atoms with Gasteiger partial charge in [0, 0.05) is 29.9 Å². The van der Waals surface area contributed by atoms with Crippen LogP contribution in [0.15, 0.2) is 67.0 Å². The number of hydrogen-bond acceptors (Lipinski definition) is 5. The smallest absolute Gasteiger partial charge is 0.251 e. The average Bonchev–Trinajstić information content (AvgIpc) is 2.79. The van der Waals surface area contributed by atoms with E-state index >= 15 is 0 Å². The first-order valence-electron chi connectivity index (χ1n) is 9.37. The predicted molar refractivity (Wildman–Crippen MR) is 108 cm³/mol. The molecule has 2 heterocycles. The lowest BCUT2D eigenvalue weighted by Crippen LogP contribution is -2.36. The van der Waals surface area contributed by atoms with E-state index in [-0.39, 0.29) is 5.91 Å². The van der Waals surface area contributed by atoms with E-state index in [4.69, 9.17) is 4.74 Å². The van der Waals surface area contributed by atoms with Crippen molar-refractivity contribution in [3.05, 3.63) is 78.2 Å². The van der Waals surface area contributed by atoms with Crippen molar-refractivity contribution in [2.24, 2.45) is 0 Å². The fourth-order valence-electron chi connectivity index (χ4n) is 3.18. The first-order chi connectivity index (χ1) is 13.8. The number of morpholine rings is 1. The van der Waals surface area contributed by atoms with Crippen LogP contribution < -0.4 is 10.2 Å². The summed E-state index contributed by atoms with van der Waals surface area (Å²) in [7, 11) is 0. The number of benzene rings is 2. The Kier molecular flexibility index (Phi) is 5.58. The van der Waals surface area contributed by atoms with Gasteiger partial charge in [-0.25, -0.2) is 9.97 Å². The summed E-state index contributed by atoms with van der Waals surface area (Å²) < 4.78 is 5.38. The van der Waals surface area contributed by atoms with Crippen molar-refractivity contribution in [3.8, 4) is 11.3 Å². The molecule has 0 aliphatic carbocycles. The fraction of sp³-hybridized carbons (Fsp3) is 0.227. The number of rotatable bonds is 5. The van der Waals surface area contributed by atoms with Crippen molar-refractivity contribution < 1.29 is 9.53 Å². The quantitative estimate of drug-likeness (QED) is 0.744. The first kappa shape index (κ1) is 18.1. The van der Waals surface area contributed by atoms with Crippen LogP contribution in [0.5, 0.6) is 0 Å². The molecule has 0 bridgehead atoms. The Morgan fingerprint density at radius 2 is 1.75 bits per heavy atom. The largest absolute Gasteiger partial charge is 0.378 e. The van der Waals surface area contributed by atoms with Gasteiger partial charge in [-0.3, -0.25) is 4.79 Å². The Labute approximate surface area is 164 Å². The standard InChI is InChI=1S/C22H22N4O2/c27-22(18-6-8-20(9-7-18)26-10-12-28-13-11-26)23-15-19-14-21(25-16-24-19)17-4-2-1-3-5-17/h1-9,14,16H,10-13,15H2,(H,23,27). The predicted octanol–water partition coefficient (Wildman–Crippen LogP) is 2.91. The maximum Gasteiger partial charge on any atom is 0.251 e. The molecule has 3 aromatic rings. The molecule has 0 saturated carbocycles. The van der Waals surface area contributed by atoms with Crippen LogP contribution in [0.1, 0.15) is 16.1 Å². The number of aromatic nitrogens is 2. The van der Waals surface area contributed by atoms with Crippen LogP contribution in [0, 0.1) is 0 Å². The monoisotopic (exact) mass is 374 g/mol. The summed E-state index contributed by atoms with van der Waals surface area (Å²) in [4.78, 5) is 23.3. The highest BCUT2D eigenvalue weighted by molar-refractivity contribution is 5.94. The number of carbonyl (C=O) groups is 1. The number of hydrogen-bond donors (Lipinski definition) is 1. The highest BCUT2D eigenvalue weighted by Gasteiger charge is 2.12. The third-order valence-corrected chi connectivity index (χ3v) is 4.73. The topological polar surface area (TPSA) is 67.4 Å². The normalized spacial score (nSPS) is 13.9. The van der Waals surface area contributed by atoms with Gasteiger partial charge in [-0.15, -0.1) is 0 Å². The van der Waals surface area contributed by atoms with Gasteiger partial charge in [-0.1, -0.05) is 30.3 Å². The Hall–Kier alpha value is -3.25. The van der Waals surface area contributed by atoms with Gasteiger partial charge >= 0.3 is 0 Å². The molecule has 1 fully saturated rings. The Morgan fingerprint density at radius 1 is 1.00 bits per heavy atom. The zero-order valence-electron chi connectivity index (χ0n) is 15.5. The molecule has 0 radical (unpaired) electrons. The lowest BCUT2D eigenvalue weighted by molar-refractivity contribution is 0.0950. The van der Waals surface area contributed by atoms with Gasteiger partial charge in [-0.05, 0) is 30.3 Å². The number of anilines is 1. The van der Waals surface area contributed by atoms with Crippen molar-refractivity contribution in [1.29, 1.82) is 0 Å². The minimum atomic E-state index is -0.117. The average molecular weight is 374 g/mol. The van der Waals surface area contributed by atoms with E-state index in [9.17, 15) is 4.79 Å². The van der Waals surface area contributed by atoms with Crippen molar-refractivity contribution in [2.75, 3.05) is 31.2 Å². The molecule has 0 spiro atoms. The summed E-state index contributed by atoms with van der Waals surface area (Å²) in [6.07, 6.45) is 1.53. The highest BCUT2D eigenvalue weighted by Crippen LogP contribution is 2.18. The van der Waals surface area contributed by atoms with E-state index in [1.54, 1.807) is 0 Å². The van der Waals surface area contributed by atoms with Gasteiger partial charge in [0.15, 0.2) is 0 Å². The second-order valence-corrected chi connectivity index (χ2v) is 6.59. The third-order valence-electron chi connectivity index (χ3n) is 4.73. The molecule has 6 nitrogen and oxygen atoms in total. The van der Waals surface area contributed by atoms with Crippen LogP contribution in [0.3, 0.4) is 0 Å². The summed E-state index contributed by atoms with van der Waals surface area (Å²) >= 11 is 0. The number of nitrogens with one attached hydrogen (secondary N) is 1. The Bertz CT molecular complexity index is 923. The summed E-state index contributed by atoms with van der Waals surface area (Å²) in [6, 6.07) is 19.5. The lowest BCUT2D eigenvalue weighted by Gasteiger charge is -2.28. The molecular weight excluding hydrogens is 352 g/mol. The molecule has 142 valence electrons. The van der Waals surface area contributed by atoms with E-state index in [0.29, 0.717) is 12.1 Å². The summed E-state index contributed by atoms with van der Waals surface area (Å²) in [5.74, 6) is -0.117. The first-order valence-corrected chi connectivity index (χ1v) is 9.37. The molecular formula is C22H22N4O2. The second-order valence-electron chi connectivity index (χ2n) is 6.59. The summed E-state index contributed by atoms with van der Waals surface area (Å²) in [5, 5.41) is 2.93. The van der Waals surface area contributed by atoms with Crippen molar-refractivity contribution in [3.63, 3.8) is 0 Å². The fourth-order valence-corrected chi connectivity index (χ4v) is 3.18. The molecule has 1 amide bonds. The molecule has 1 N–H and O–H groups in total. The van der Waals surface area contributed by atoms with Crippen molar-refractivity contribution in [1.82, 2.24) is 15.3 Å². The molecule has 2 aromatic carbocycles. The van der Waals surface area contributed by atoms with Crippen LogP contribution in [0.4, 0.5) is 5.69 Å². The molecule has 6 heteroatoms. The third kappa shape index (κ3) is 4.35. The number of nitrogens with zero attached hydrogens (tertiary/aromatic N) is 3. The van der Waals surface area contributed by atoms with E-state index < -0.39 is 0 Å². The van der Waals surface area contributed by atoms with Crippen LogP contribution in [0.2, 0.25) is 0 Å². The van der Waals surface area contributed by atoms with Crippen LogP contribution in [-0.2, 0) is 11.3 Å². The number of carbonyl (C=O) groups excluding carboxylic acids is 1.